The van der Waals surface area contributed by atoms with E-state index in [0.717, 1.165) is 12.1 Å². The lowest BCUT2D eigenvalue weighted by Crippen LogP contribution is -2.41. The van der Waals surface area contributed by atoms with E-state index in [1.807, 2.05) is 13.8 Å². The summed E-state index contributed by atoms with van der Waals surface area (Å²) >= 11 is 0. The van der Waals surface area contributed by atoms with Crippen LogP contribution in [0.25, 0.3) is 0 Å². The van der Waals surface area contributed by atoms with Crippen LogP contribution in [-0.2, 0) is 10.0 Å². The highest BCUT2D eigenvalue weighted by Crippen LogP contribution is 2.21. The van der Waals surface area contributed by atoms with Crippen LogP contribution in [-0.4, -0.2) is 25.9 Å². The van der Waals surface area contributed by atoms with E-state index < -0.39 is 37.4 Å². The Morgan fingerprint density at radius 1 is 1.43 bits per heavy atom. The zero-order valence-corrected chi connectivity index (χ0v) is 12.6. The van der Waals surface area contributed by atoms with Gasteiger partial charge in [-0.2, -0.15) is 0 Å². The van der Waals surface area contributed by atoms with Gasteiger partial charge in [0.1, 0.15) is 10.7 Å². The fourth-order valence-corrected chi connectivity index (χ4v) is 3.21. The van der Waals surface area contributed by atoms with Gasteiger partial charge in [-0.1, -0.05) is 13.8 Å². The summed E-state index contributed by atoms with van der Waals surface area (Å²) in [5.74, 6) is -0.857. The second-order valence-corrected chi connectivity index (χ2v) is 6.74. The van der Waals surface area contributed by atoms with Gasteiger partial charge >= 0.3 is 0 Å². The van der Waals surface area contributed by atoms with Crippen molar-refractivity contribution in [1.82, 2.24) is 4.72 Å². The fraction of sp³-hybridized carbons (Fsp3) is 0.500. The molecule has 0 fully saturated rings. The normalized spacial score (nSPS) is 13.4. The first-order valence-electron chi connectivity index (χ1n) is 6.33. The smallest absolute Gasteiger partial charge is 0.270 e. The molecule has 0 bridgehead atoms. The van der Waals surface area contributed by atoms with Crippen LogP contribution < -0.4 is 10.5 Å². The van der Waals surface area contributed by atoms with Gasteiger partial charge < -0.3 is 5.73 Å². The fourth-order valence-electron chi connectivity index (χ4n) is 1.86. The van der Waals surface area contributed by atoms with Crippen LogP contribution in [0.1, 0.15) is 20.3 Å². The predicted molar refractivity (Wildman–Crippen MR) is 75.7 cm³/mol. The summed E-state index contributed by atoms with van der Waals surface area (Å²) in [4.78, 5) is 9.13. The number of nitro groups is 1. The summed E-state index contributed by atoms with van der Waals surface area (Å²) in [6, 6.07) is 1.80. The van der Waals surface area contributed by atoms with Crippen molar-refractivity contribution in [2.75, 3.05) is 6.54 Å². The summed E-state index contributed by atoms with van der Waals surface area (Å²) in [6.45, 7) is 3.84. The molecule has 0 saturated carbocycles. The summed E-state index contributed by atoms with van der Waals surface area (Å²) < 4.78 is 40.3. The van der Waals surface area contributed by atoms with Gasteiger partial charge in [-0.15, -0.1) is 0 Å². The molecule has 0 aromatic heterocycles. The molecule has 21 heavy (non-hydrogen) atoms. The standard InChI is InChI=1S/C12H18FN3O4S/c1-8(2)5-9(7-14)15-21(19,20)12-6-10(16(17)18)3-4-11(12)13/h3-4,6,8-9,15H,5,7,14H2,1-2H3. The molecule has 1 unspecified atom stereocenters. The summed E-state index contributed by atoms with van der Waals surface area (Å²) in [6.07, 6.45) is 0.478. The number of non-ortho nitro benzene ring substituents is 1. The Bertz CT molecular complexity index is 619. The topological polar surface area (TPSA) is 115 Å². The van der Waals surface area contributed by atoms with Gasteiger partial charge in [-0.3, -0.25) is 10.1 Å². The molecule has 1 rings (SSSR count). The maximum absolute atomic E-state index is 13.7. The number of sulfonamides is 1. The van der Waals surface area contributed by atoms with Crippen LogP contribution in [0.15, 0.2) is 23.1 Å². The van der Waals surface area contributed by atoms with Crippen molar-refractivity contribution < 1.29 is 17.7 Å². The zero-order chi connectivity index (χ0) is 16.2. The Hall–Kier alpha value is -1.58. The number of rotatable bonds is 7. The van der Waals surface area contributed by atoms with E-state index in [-0.39, 0.29) is 12.5 Å². The van der Waals surface area contributed by atoms with Crippen molar-refractivity contribution in [3.05, 3.63) is 34.1 Å². The molecule has 0 radical (unpaired) electrons. The lowest BCUT2D eigenvalue weighted by atomic mass is 10.1. The number of hydrogen-bond acceptors (Lipinski definition) is 5. The molecule has 1 aromatic rings. The molecule has 0 amide bonds. The molecular weight excluding hydrogens is 301 g/mol. The lowest BCUT2D eigenvalue weighted by molar-refractivity contribution is -0.385. The van der Waals surface area contributed by atoms with Gasteiger partial charge in [-0.05, 0) is 18.4 Å². The maximum Gasteiger partial charge on any atom is 0.270 e. The van der Waals surface area contributed by atoms with Crippen LogP contribution in [0.3, 0.4) is 0 Å². The van der Waals surface area contributed by atoms with E-state index in [9.17, 15) is 22.9 Å². The van der Waals surface area contributed by atoms with E-state index >= 15 is 0 Å². The Kier molecular flexibility index (Phi) is 5.76. The Balaban J connectivity index is 3.12. The highest BCUT2D eigenvalue weighted by atomic mass is 32.2. The highest BCUT2D eigenvalue weighted by molar-refractivity contribution is 7.89. The van der Waals surface area contributed by atoms with Crippen molar-refractivity contribution in [3.8, 4) is 0 Å². The summed E-state index contributed by atoms with van der Waals surface area (Å²) in [7, 11) is -4.21. The minimum atomic E-state index is -4.21. The van der Waals surface area contributed by atoms with Crippen LogP contribution in [0.4, 0.5) is 10.1 Å². The third kappa shape index (κ3) is 4.73. The van der Waals surface area contributed by atoms with E-state index in [2.05, 4.69) is 4.72 Å². The van der Waals surface area contributed by atoms with E-state index in [1.54, 1.807) is 0 Å². The molecule has 0 spiro atoms. The van der Waals surface area contributed by atoms with Crippen LogP contribution >= 0.6 is 0 Å². The summed E-state index contributed by atoms with van der Waals surface area (Å²) in [5.41, 5.74) is 5.00. The van der Waals surface area contributed by atoms with E-state index in [0.29, 0.717) is 12.5 Å². The molecular formula is C12H18FN3O4S. The molecule has 1 aromatic carbocycles. The molecule has 1 atom stereocenters. The Labute approximate surface area is 122 Å². The van der Waals surface area contributed by atoms with Crippen molar-refractivity contribution in [2.45, 2.75) is 31.2 Å². The van der Waals surface area contributed by atoms with Crippen LogP contribution in [0, 0.1) is 21.8 Å². The second-order valence-electron chi connectivity index (χ2n) is 5.06. The van der Waals surface area contributed by atoms with Crippen molar-refractivity contribution >= 4 is 15.7 Å². The van der Waals surface area contributed by atoms with Crippen molar-refractivity contribution in [2.24, 2.45) is 11.7 Å². The van der Waals surface area contributed by atoms with Crippen LogP contribution in [0.5, 0.6) is 0 Å². The molecule has 7 nitrogen and oxygen atoms in total. The molecule has 0 aliphatic rings. The minimum Gasteiger partial charge on any atom is -0.329 e. The molecule has 9 heteroatoms. The van der Waals surface area contributed by atoms with Gasteiger partial charge in [0.15, 0.2) is 0 Å². The third-order valence-corrected chi connectivity index (χ3v) is 4.31. The molecule has 3 N–H and O–H groups in total. The Morgan fingerprint density at radius 2 is 2.05 bits per heavy atom. The van der Waals surface area contributed by atoms with Gasteiger partial charge in [0.05, 0.1) is 4.92 Å². The van der Waals surface area contributed by atoms with Gasteiger partial charge in [0, 0.05) is 24.7 Å². The van der Waals surface area contributed by atoms with E-state index in [1.165, 1.54) is 0 Å². The SMILES string of the molecule is CC(C)CC(CN)NS(=O)(=O)c1cc([N+](=O)[O-])ccc1F. The first-order valence-corrected chi connectivity index (χ1v) is 7.82. The third-order valence-electron chi connectivity index (χ3n) is 2.78. The average molecular weight is 319 g/mol. The number of halogens is 1. The second kappa shape index (κ2) is 6.92. The number of hydrogen-bond donors (Lipinski definition) is 2. The summed E-state index contributed by atoms with van der Waals surface area (Å²) in [5, 5.41) is 10.7. The Morgan fingerprint density at radius 3 is 2.52 bits per heavy atom. The first-order chi connectivity index (χ1) is 9.67. The number of nitrogens with zero attached hydrogens (tertiary/aromatic N) is 1. The lowest BCUT2D eigenvalue weighted by Gasteiger charge is -2.18. The van der Waals surface area contributed by atoms with Crippen LogP contribution in [0.2, 0.25) is 0 Å². The number of benzene rings is 1. The monoisotopic (exact) mass is 319 g/mol. The molecule has 0 aliphatic heterocycles. The molecule has 118 valence electrons. The largest absolute Gasteiger partial charge is 0.329 e. The van der Waals surface area contributed by atoms with Gasteiger partial charge in [-0.25, -0.2) is 17.5 Å². The molecule has 0 heterocycles. The molecule has 0 saturated heterocycles. The van der Waals surface area contributed by atoms with Crippen molar-refractivity contribution in [3.63, 3.8) is 0 Å². The quantitative estimate of drug-likeness (QED) is 0.582. The number of nitrogens with two attached hydrogens (primary N) is 1. The van der Waals surface area contributed by atoms with E-state index in [4.69, 9.17) is 5.73 Å². The first kappa shape index (κ1) is 17.5. The highest BCUT2D eigenvalue weighted by Gasteiger charge is 2.25. The zero-order valence-electron chi connectivity index (χ0n) is 11.7. The van der Waals surface area contributed by atoms with Crippen molar-refractivity contribution in [1.29, 1.82) is 0 Å². The minimum absolute atomic E-state index is 0.0496. The average Bonchev–Trinajstić information content (AvgIpc) is 2.36. The maximum atomic E-state index is 13.7. The molecule has 0 aliphatic carbocycles. The van der Waals surface area contributed by atoms with Gasteiger partial charge in [0.25, 0.3) is 5.69 Å². The number of nitro benzene ring substituents is 1. The predicted octanol–water partition coefficient (Wildman–Crippen LogP) is 1.39. The van der Waals surface area contributed by atoms with Gasteiger partial charge in [0.2, 0.25) is 10.0 Å². The number of nitrogens with one attached hydrogen (secondary N) is 1.